The molecule has 0 saturated carbocycles. The Kier molecular flexibility index (Phi) is 4.81. The zero-order valence-electron chi connectivity index (χ0n) is 9.25. The van der Waals surface area contributed by atoms with Crippen molar-refractivity contribution in [3.63, 3.8) is 0 Å². The van der Waals surface area contributed by atoms with Gasteiger partial charge in [0, 0.05) is 11.8 Å². The summed E-state index contributed by atoms with van der Waals surface area (Å²) in [5, 5.41) is 3.76. The fourth-order valence-corrected chi connectivity index (χ4v) is 1.73. The Bertz CT molecular complexity index is 318. The van der Waals surface area contributed by atoms with E-state index in [1.165, 1.54) is 18.0 Å². The quantitative estimate of drug-likeness (QED) is 0.622. The minimum Gasteiger partial charge on any atom is -0.354 e. The van der Waals surface area contributed by atoms with Crippen LogP contribution in [0.25, 0.3) is 0 Å². The normalized spacial score (nSPS) is 10.7. The zero-order valence-corrected chi connectivity index (χ0v) is 10.1. The first-order valence-corrected chi connectivity index (χ1v) is 5.94. The van der Waals surface area contributed by atoms with E-state index in [0.717, 1.165) is 13.0 Å². The molecule has 1 heterocycles. The molecule has 0 atom stereocenters. The first-order chi connectivity index (χ1) is 7.13. The molecular weight excluding hydrogens is 213 g/mol. The third-order valence-corrected chi connectivity index (χ3v) is 2.57. The number of hydrogen-bond donors (Lipinski definition) is 1. The Hall–Kier alpha value is -0.840. The van der Waals surface area contributed by atoms with Crippen molar-refractivity contribution in [3.05, 3.63) is 12.0 Å². The Morgan fingerprint density at radius 1 is 1.53 bits per heavy atom. The molecule has 5 heteroatoms. The highest BCUT2D eigenvalue weighted by atomic mass is 32.2. The zero-order chi connectivity index (χ0) is 11.3. The van der Waals surface area contributed by atoms with Gasteiger partial charge in [-0.1, -0.05) is 20.8 Å². The number of aromatic nitrogens is 2. The third-order valence-electron chi connectivity index (χ3n) is 1.59. The molecule has 0 aliphatic rings. The molecule has 0 radical (unpaired) electrons. The molecule has 0 unspecified atom stereocenters. The summed E-state index contributed by atoms with van der Waals surface area (Å²) < 4.78 is 13.3. The average molecular weight is 229 g/mol. The van der Waals surface area contributed by atoms with Crippen molar-refractivity contribution in [2.24, 2.45) is 0 Å². The molecule has 0 aliphatic heterocycles. The van der Waals surface area contributed by atoms with Gasteiger partial charge in [-0.25, -0.2) is 14.4 Å². The van der Waals surface area contributed by atoms with Gasteiger partial charge in [0.15, 0.2) is 5.82 Å². The maximum Gasteiger partial charge on any atom is 0.223 e. The van der Waals surface area contributed by atoms with Crippen molar-refractivity contribution < 1.29 is 4.39 Å². The van der Waals surface area contributed by atoms with Crippen LogP contribution in [0.15, 0.2) is 11.2 Å². The fourth-order valence-electron chi connectivity index (χ4n) is 0.979. The van der Waals surface area contributed by atoms with Crippen LogP contribution < -0.4 is 5.32 Å². The van der Waals surface area contributed by atoms with E-state index in [1.54, 1.807) is 0 Å². The van der Waals surface area contributed by atoms with Crippen LogP contribution in [0, 0.1) is 5.82 Å². The smallest absolute Gasteiger partial charge is 0.223 e. The standard InChI is InChI=1S/C10H16FN3S/c1-4-5-12-10-13-6-8(11)9(14-10)15-7(2)3/h6-7H,4-5H2,1-3H3,(H,12,13,14). The maximum absolute atomic E-state index is 13.3. The molecule has 0 aliphatic carbocycles. The Labute approximate surface area is 93.9 Å². The topological polar surface area (TPSA) is 37.8 Å². The van der Waals surface area contributed by atoms with E-state index in [1.807, 2.05) is 13.8 Å². The lowest BCUT2D eigenvalue weighted by Crippen LogP contribution is -2.06. The van der Waals surface area contributed by atoms with Crippen LogP contribution in [0.4, 0.5) is 10.3 Å². The molecule has 0 bridgehead atoms. The van der Waals surface area contributed by atoms with Gasteiger partial charge in [-0.2, -0.15) is 0 Å². The summed E-state index contributed by atoms with van der Waals surface area (Å²) in [4.78, 5) is 7.99. The number of nitrogens with zero attached hydrogens (tertiary/aromatic N) is 2. The molecular formula is C10H16FN3S. The van der Waals surface area contributed by atoms with Crippen LogP contribution in [0.1, 0.15) is 27.2 Å². The van der Waals surface area contributed by atoms with Crippen molar-refractivity contribution in [1.82, 2.24) is 9.97 Å². The first kappa shape index (κ1) is 12.2. The maximum atomic E-state index is 13.3. The van der Waals surface area contributed by atoms with Gasteiger partial charge in [-0.15, -0.1) is 11.8 Å². The minimum absolute atomic E-state index is 0.313. The van der Waals surface area contributed by atoms with Crippen molar-refractivity contribution in [3.8, 4) is 0 Å². The summed E-state index contributed by atoms with van der Waals surface area (Å²) >= 11 is 1.41. The van der Waals surface area contributed by atoms with Gasteiger partial charge >= 0.3 is 0 Å². The lowest BCUT2D eigenvalue weighted by molar-refractivity contribution is 0.579. The molecule has 15 heavy (non-hydrogen) atoms. The van der Waals surface area contributed by atoms with Crippen molar-refractivity contribution in [1.29, 1.82) is 0 Å². The number of thioether (sulfide) groups is 1. The van der Waals surface area contributed by atoms with E-state index in [4.69, 9.17) is 0 Å². The van der Waals surface area contributed by atoms with Crippen LogP contribution >= 0.6 is 11.8 Å². The van der Waals surface area contributed by atoms with E-state index in [9.17, 15) is 4.39 Å². The second kappa shape index (κ2) is 5.90. The predicted octanol–water partition coefficient (Wildman–Crippen LogP) is 2.94. The van der Waals surface area contributed by atoms with Gasteiger partial charge < -0.3 is 5.32 Å². The van der Waals surface area contributed by atoms with Gasteiger partial charge in [-0.05, 0) is 6.42 Å². The van der Waals surface area contributed by atoms with Crippen molar-refractivity contribution in [2.45, 2.75) is 37.5 Å². The number of hydrogen-bond acceptors (Lipinski definition) is 4. The molecule has 0 amide bonds. The van der Waals surface area contributed by atoms with Gasteiger partial charge in [0.1, 0.15) is 5.03 Å². The van der Waals surface area contributed by atoms with E-state index in [-0.39, 0.29) is 5.82 Å². The van der Waals surface area contributed by atoms with Crippen molar-refractivity contribution >= 4 is 17.7 Å². The molecule has 3 nitrogen and oxygen atoms in total. The summed E-state index contributed by atoms with van der Waals surface area (Å²) in [6.07, 6.45) is 2.21. The van der Waals surface area contributed by atoms with E-state index >= 15 is 0 Å². The Morgan fingerprint density at radius 3 is 2.87 bits per heavy atom. The first-order valence-electron chi connectivity index (χ1n) is 5.06. The predicted molar refractivity (Wildman–Crippen MR) is 61.8 cm³/mol. The SMILES string of the molecule is CCCNc1ncc(F)c(SC(C)C)n1. The van der Waals surface area contributed by atoms with Crippen LogP contribution in [-0.2, 0) is 0 Å². The Balaban J connectivity index is 2.75. The van der Waals surface area contributed by atoms with Crippen molar-refractivity contribution in [2.75, 3.05) is 11.9 Å². The Morgan fingerprint density at radius 2 is 2.27 bits per heavy atom. The monoisotopic (exact) mass is 229 g/mol. The molecule has 0 fully saturated rings. The van der Waals surface area contributed by atoms with Crippen LogP contribution in [0.3, 0.4) is 0 Å². The average Bonchev–Trinajstić information content (AvgIpc) is 2.18. The molecule has 0 spiro atoms. The number of anilines is 1. The van der Waals surface area contributed by atoms with E-state index < -0.39 is 0 Å². The molecule has 1 rings (SSSR count). The lowest BCUT2D eigenvalue weighted by atomic mass is 10.5. The second-order valence-corrected chi connectivity index (χ2v) is 5.01. The highest BCUT2D eigenvalue weighted by Gasteiger charge is 2.08. The number of nitrogens with one attached hydrogen (secondary N) is 1. The second-order valence-electron chi connectivity index (χ2n) is 3.44. The van der Waals surface area contributed by atoms with Crippen LogP contribution in [-0.4, -0.2) is 21.8 Å². The van der Waals surface area contributed by atoms with E-state index in [0.29, 0.717) is 16.2 Å². The number of halogens is 1. The van der Waals surface area contributed by atoms with Gasteiger partial charge in [-0.3, -0.25) is 0 Å². The molecule has 0 aromatic carbocycles. The molecule has 1 N–H and O–H groups in total. The number of rotatable bonds is 5. The van der Waals surface area contributed by atoms with Gasteiger partial charge in [0.25, 0.3) is 0 Å². The molecule has 1 aromatic rings. The third kappa shape index (κ3) is 4.03. The fraction of sp³-hybridized carbons (Fsp3) is 0.600. The summed E-state index contributed by atoms with van der Waals surface area (Å²) in [6.45, 7) is 6.87. The highest BCUT2D eigenvalue weighted by Crippen LogP contribution is 2.23. The summed E-state index contributed by atoms with van der Waals surface area (Å²) in [5.74, 6) is 0.150. The van der Waals surface area contributed by atoms with Crippen LogP contribution in [0.5, 0.6) is 0 Å². The summed E-state index contributed by atoms with van der Waals surface area (Å²) in [5.41, 5.74) is 0. The molecule has 0 saturated heterocycles. The highest BCUT2D eigenvalue weighted by molar-refractivity contribution is 7.99. The minimum atomic E-state index is -0.351. The van der Waals surface area contributed by atoms with E-state index in [2.05, 4.69) is 22.2 Å². The largest absolute Gasteiger partial charge is 0.354 e. The summed E-state index contributed by atoms with van der Waals surface area (Å²) in [6, 6.07) is 0. The van der Waals surface area contributed by atoms with Gasteiger partial charge in [0.2, 0.25) is 5.95 Å². The lowest BCUT2D eigenvalue weighted by Gasteiger charge is -2.07. The summed E-state index contributed by atoms with van der Waals surface area (Å²) in [7, 11) is 0. The molecule has 84 valence electrons. The van der Waals surface area contributed by atoms with Gasteiger partial charge in [0.05, 0.1) is 6.20 Å². The van der Waals surface area contributed by atoms with Crippen LogP contribution in [0.2, 0.25) is 0 Å². The molecule has 1 aromatic heterocycles.